The number of anilines is 1. The molecule has 4 aromatic rings. The van der Waals surface area contributed by atoms with Crippen molar-refractivity contribution in [2.75, 3.05) is 25.5 Å². The van der Waals surface area contributed by atoms with Gasteiger partial charge in [0.2, 0.25) is 11.8 Å². The van der Waals surface area contributed by atoms with E-state index < -0.39 is 5.54 Å². The molecular weight excluding hydrogens is 484 g/mol. The summed E-state index contributed by atoms with van der Waals surface area (Å²) in [7, 11) is 3.89. The Morgan fingerprint density at radius 3 is 2.70 bits per heavy atom. The van der Waals surface area contributed by atoms with Crippen molar-refractivity contribution in [2.45, 2.75) is 44.7 Å². The summed E-state index contributed by atoms with van der Waals surface area (Å²) in [4.78, 5) is 22.3. The van der Waals surface area contributed by atoms with Crippen LogP contribution in [0.15, 0.2) is 58.3 Å². The van der Waals surface area contributed by atoms with Gasteiger partial charge in [-0.2, -0.15) is 0 Å². The van der Waals surface area contributed by atoms with Crippen molar-refractivity contribution < 1.29 is 9.21 Å². The van der Waals surface area contributed by atoms with E-state index in [0.717, 1.165) is 34.8 Å². The molecular formula is C28H32N6O2S. The summed E-state index contributed by atoms with van der Waals surface area (Å²) in [6.07, 6.45) is 2.44. The number of hydrogen-bond donors (Lipinski definition) is 1. The molecule has 0 bridgehead atoms. The molecule has 2 atom stereocenters. The lowest BCUT2D eigenvalue weighted by molar-refractivity contribution is 0.0735. The second kappa shape index (κ2) is 10.1. The number of aromatic nitrogens is 3. The molecule has 1 aliphatic heterocycles. The summed E-state index contributed by atoms with van der Waals surface area (Å²) in [5.74, 6) is 0.673. The number of nitrogens with zero attached hydrogens (tertiary/aromatic N) is 5. The van der Waals surface area contributed by atoms with Crippen molar-refractivity contribution in [3.63, 3.8) is 0 Å². The van der Waals surface area contributed by atoms with Gasteiger partial charge in [0.05, 0.1) is 11.6 Å². The quantitative estimate of drug-likeness (QED) is 0.370. The lowest BCUT2D eigenvalue weighted by Crippen LogP contribution is -2.35. The van der Waals surface area contributed by atoms with Crippen molar-refractivity contribution in [3.8, 4) is 11.5 Å². The number of hydrogen-bond acceptors (Lipinski definition) is 8. The van der Waals surface area contributed by atoms with E-state index in [9.17, 15) is 4.79 Å². The summed E-state index contributed by atoms with van der Waals surface area (Å²) < 4.78 is 6.10. The van der Waals surface area contributed by atoms with Gasteiger partial charge in [0.1, 0.15) is 5.01 Å². The molecule has 37 heavy (non-hydrogen) atoms. The van der Waals surface area contributed by atoms with Crippen LogP contribution in [0.25, 0.3) is 11.5 Å². The number of aryl methyl sites for hydroxylation is 1. The zero-order valence-corrected chi connectivity index (χ0v) is 22.5. The van der Waals surface area contributed by atoms with Gasteiger partial charge in [-0.15, -0.1) is 21.5 Å². The van der Waals surface area contributed by atoms with E-state index in [0.29, 0.717) is 35.9 Å². The van der Waals surface area contributed by atoms with Crippen LogP contribution < -0.4 is 10.6 Å². The van der Waals surface area contributed by atoms with Crippen LogP contribution in [0, 0.1) is 6.92 Å². The molecule has 192 valence electrons. The standard InChI is InChI=1S/C28H32N6O2S/c1-18-17-37-25(30-18)23-11-8-12-34(23)26(35)21-13-20(14-22(15-21)33(3)4)24-31-32-27(36-24)28(2,29)16-19-9-6-5-7-10-19/h5-7,9-10,13-15,17,23H,8,11-12,16,29H2,1-4H3/t23-,28+/m1/s1. The molecule has 8 nitrogen and oxygen atoms in total. The molecule has 3 heterocycles. The summed E-state index contributed by atoms with van der Waals surface area (Å²) in [6, 6.07) is 15.7. The molecule has 2 aromatic carbocycles. The number of benzene rings is 2. The van der Waals surface area contributed by atoms with Gasteiger partial charge in [-0.3, -0.25) is 4.79 Å². The fourth-order valence-electron chi connectivity index (χ4n) is 4.74. The number of carbonyl (C=O) groups excluding carboxylic acids is 1. The van der Waals surface area contributed by atoms with Gasteiger partial charge in [0.15, 0.2) is 0 Å². The number of carbonyl (C=O) groups is 1. The Bertz CT molecular complexity index is 1390. The van der Waals surface area contributed by atoms with E-state index in [4.69, 9.17) is 10.2 Å². The third-order valence-corrected chi connectivity index (χ3v) is 7.76. The Balaban J connectivity index is 1.45. The fraction of sp³-hybridized carbons (Fsp3) is 0.357. The monoisotopic (exact) mass is 516 g/mol. The van der Waals surface area contributed by atoms with E-state index in [1.54, 1.807) is 11.3 Å². The number of amides is 1. The molecule has 1 aliphatic rings. The van der Waals surface area contributed by atoms with Crippen LogP contribution in [0.1, 0.15) is 58.3 Å². The molecule has 0 saturated carbocycles. The summed E-state index contributed by atoms with van der Waals surface area (Å²) in [5, 5.41) is 11.6. The molecule has 1 saturated heterocycles. The van der Waals surface area contributed by atoms with Gasteiger partial charge in [-0.25, -0.2) is 4.98 Å². The summed E-state index contributed by atoms with van der Waals surface area (Å²) in [6.45, 7) is 4.58. The molecule has 0 spiro atoms. The highest BCUT2D eigenvalue weighted by molar-refractivity contribution is 7.09. The molecule has 1 amide bonds. The van der Waals surface area contributed by atoms with E-state index in [-0.39, 0.29) is 11.9 Å². The normalized spacial score (nSPS) is 17.1. The molecule has 2 N–H and O–H groups in total. The van der Waals surface area contributed by atoms with Crippen LogP contribution in [0.4, 0.5) is 5.69 Å². The first-order valence-corrected chi connectivity index (χ1v) is 13.3. The van der Waals surface area contributed by atoms with E-state index in [1.807, 2.05) is 91.7 Å². The lowest BCUT2D eigenvalue weighted by Gasteiger charge is -2.24. The maximum atomic E-state index is 13.8. The third-order valence-electron chi connectivity index (χ3n) is 6.69. The maximum absolute atomic E-state index is 13.8. The largest absolute Gasteiger partial charge is 0.419 e. The minimum absolute atomic E-state index is 0.00334. The second-order valence-corrected chi connectivity index (χ2v) is 11.0. The SMILES string of the molecule is Cc1csc([C@H]2CCCN2C(=O)c2cc(-c3nnc([C@@](C)(N)Cc4ccccc4)o3)cc(N(C)C)c2)n1. The Morgan fingerprint density at radius 2 is 2.00 bits per heavy atom. The molecule has 9 heteroatoms. The molecule has 0 aliphatic carbocycles. The van der Waals surface area contributed by atoms with Gasteiger partial charge in [-0.1, -0.05) is 30.3 Å². The van der Waals surface area contributed by atoms with Gasteiger partial charge in [-0.05, 0) is 56.9 Å². The predicted octanol–water partition coefficient (Wildman–Crippen LogP) is 4.96. The van der Waals surface area contributed by atoms with Gasteiger partial charge >= 0.3 is 0 Å². The maximum Gasteiger partial charge on any atom is 0.254 e. The van der Waals surface area contributed by atoms with Crippen LogP contribution in [-0.2, 0) is 12.0 Å². The van der Waals surface area contributed by atoms with Gasteiger partial charge in [0.25, 0.3) is 5.91 Å². The van der Waals surface area contributed by atoms with Crippen LogP contribution in [-0.4, -0.2) is 46.6 Å². The first-order valence-electron chi connectivity index (χ1n) is 12.4. The third kappa shape index (κ3) is 5.28. The highest BCUT2D eigenvalue weighted by atomic mass is 32.1. The Hall–Kier alpha value is -3.56. The topological polar surface area (TPSA) is 101 Å². The highest BCUT2D eigenvalue weighted by Gasteiger charge is 2.33. The average Bonchev–Trinajstić information content (AvgIpc) is 3.64. The number of nitrogens with two attached hydrogens (primary N) is 1. The van der Waals surface area contributed by atoms with Crippen molar-refractivity contribution in [1.29, 1.82) is 0 Å². The molecule has 2 aromatic heterocycles. The van der Waals surface area contributed by atoms with Crippen LogP contribution in [0.5, 0.6) is 0 Å². The van der Waals surface area contributed by atoms with Crippen molar-refractivity contribution in [1.82, 2.24) is 20.1 Å². The minimum atomic E-state index is -0.834. The number of rotatable bonds is 7. The zero-order valence-electron chi connectivity index (χ0n) is 21.6. The smallest absolute Gasteiger partial charge is 0.254 e. The van der Waals surface area contributed by atoms with E-state index >= 15 is 0 Å². The molecule has 1 fully saturated rings. The van der Waals surface area contributed by atoms with Crippen molar-refractivity contribution in [3.05, 3.63) is 81.6 Å². The first-order chi connectivity index (χ1) is 17.7. The summed E-state index contributed by atoms with van der Waals surface area (Å²) >= 11 is 1.62. The predicted molar refractivity (Wildman–Crippen MR) is 146 cm³/mol. The zero-order chi connectivity index (χ0) is 26.2. The van der Waals surface area contributed by atoms with Crippen LogP contribution in [0.2, 0.25) is 0 Å². The van der Waals surface area contributed by atoms with Crippen LogP contribution in [0.3, 0.4) is 0 Å². The average molecular weight is 517 g/mol. The second-order valence-electron chi connectivity index (χ2n) is 10.1. The minimum Gasteiger partial charge on any atom is -0.419 e. The van der Waals surface area contributed by atoms with E-state index in [1.165, 1.54) is 0 Å². The molecule has 0 unspecified atom stereocenters. The van der Waals surface area contributed by atoms with Crippen molar-refractivity contribution in [2.24, 2.45) is 5.73 Å². The van der Waals surface area contributed by atoms with E-state index in [2.05, 4.69) is 15.2 Å². The Morgan fingerprint density at radius 1 is 1.22 bits per heavy atom. The van der Waals surface area contributed by atoms with Gasteiger partial charge < -0.3 is 20.0 Å². The fourth-order valence-corrected chi connectivity index (χ4v) is 5.68. The Kier molecular flexibility index (Phi) is 6.83. The summed E-state index contributed by atoms with van der Waals surface area (Å²) in [5.41, 5.74) is 9.99. The lowest BCUT2D eigenvalue weighted by atomic mass is 9.94. The number of thiazole rings is 1. The van der Waals surface area contributed by atoms with Crippen LogP contribution >= 0.6 is 11.3 Å². The van der Waals surface area contributed by atoms with Crippen molar-refractivity contribution >= 4 is 22.9 Å². The first kappa shape index (κ1) is 25.1. The Labute approximate surface area is 221 Å². The van der Waals surface area contributed by atoms with Gasteiger partial charge in [0, 0.05) is 48.5 Å². The molecule has 0 radical (unpaired) electrons. The number of likely N-dealkylation sites (tertiary alicyclic amines) is 1. The molecule has 5 rings (SSSR count). The highest BCUT2D eigenvalue weighted by Crippen LogP contribution is 2.36.